The van der Waals surface area contributed by atoms with E-state index in [1.807, 2.05) is 0 Å². The zero-order chi connectivity index (χ0) is 12.3. The highest BCUT2D eigenvalue weighted by molar-refractivity contribution is 5.75. The fourth-order valence-electron chi connectivity index (χ4n) is 1.32. The van der Waals surface area contributed by atoms with Crippen LogP contribution in [0.5, 0.6) is 5.75 Å². The van der Waals surface area contributed by atoms with Gasteiger partial charge in [-0.05, 0) is 30.9 Å². The molecule has 1 aromatic carbocycles. The first-order chi connectivity index (χ1) is 8.09. The van der Waals surface area contributed by atoms with Gasteiger partial charge in [0.2, 0.25) is 0 Å². The van der Waals surface area contributed by atoms with Crippen LogP contribution in [0.15, 0.2) is 24.3 Å². The van der Waals surface area contributed by atoms with Gasteiger partial charge < -0.3 is 4.74 Å². The first-order valence-electron chi connectivity index (χ1n) is 5.35. The summed E-state index contributed by atoms with van der Waals surface area (Å²) in [6, 6.07) is 5.56. The third-order valence-corrected chi connectivity index (χ3v) is 2.41. The summed E-state index contributed by atoms with van der Waals surface area (Å²) in [5.41, 5.74) is 0.278. The minimum atomic E-state index is -3.65. The molecule has 0 N–H and O–H groups in total. The number of hydrogen-bond donors (Lipinski definition) is 0. The highest BCUT2D eigenvalue weighted by Gasteiger charge is 2.36. The van der Waals surface area contributed by atoms with Crippen LogP contribution in [0.4, 0.5) is 8.78 Å². The van der Waals surface area contributed by atoms with Gasteiger partial charge in [0.05, 0.1) is 6.61 Å². The van der Waals surface area contributed by atoms with Gasteiger partial charge in [-0.25, -0.2) is 0 Å². The number of ether oxygens (including phenoxy) is 2. The largest absolute Gasteiger partial charge is 0.535 e. The third kappa shape index (κ3) is 3.78. The van der Waals surface area contributed by atoms with E-state index >= 15 is 0 Å². The lowest BCUT2D eigenvalue weighted by Crippen LogP contribution is -2.29. The van der Waals surface area contributed by atoms with E-state index in [0.717, 1.165) is 12.8 Å². The summed E-state index contributed by atoms with van der Waals surface area (Å²) in [6.07, 6.45) is -1.23. The summed E-state index contributed by atoms with van der Waals surface area (Å²) < 4.78 is 35.2. The predicted molar refractivity (Wildman–Crippen MR) is 56.1 cm³/mol. The average molecular weight is 242 g/mol. The molecule has 0 aromatic heterocycles. The van der Waals surface area contributed by atoms with Crippen LogP contribution in [0.1, 0.15) is 23.2 Å². The van der Waals surface area contributed by atoms with Gasteiger partial charge in [-0.3, -0.25) is 9.53 Å². The molecule has 3 nitrogen and oxygen atoms in total. The molecule has 92 valence electrons. The molecule has 0 amide bonds. The summed E-state index contributed by atoms with van der Waals surface area (Å²) in [7, 11) is 0. The Morgan fingerprint density at radius 1 is 1.41 bits per heavy atom. The Balaban J connectivity index is 1.94. The minimum absolute atomic E-state index is 0.000368. The van der Waals surface area contributed by atoms with Gasteiger partial charge in [0.25, 0.3) is 0 Å². The molecule has 2 rings (SSSR count). The summed E-state index contributed by atoms with van der Waals surface area (Å²) in [5, 5.41) is 0. The second-order valence-corrected chi connectivity index (χ2v) is 4.01. The van der Waals surface area contributed by atoms with Crippen molar-refractivity contribution in [2.24, 2.45) is 5.92 Å². The minimum Gasteiger partial charge on any atom is -0.409 e. The van der Waals surface area contributed by atoms with E-state index in [2.05, 4.69) is 9.47 Å². The van der Waals surface area contributed by atoms with Crippen molar-refractivity contribution in [2.45, 2.75) is 19.1 Å². The van der Waals surface area contributed by atoms with Crippen molar-refractivity contribution < 1.29 is 23.0 Å². The number of halogens is 2. The van der Waals surface area contributed by atoms with E-state index in [-0.39, 0.29) is 23.8 Å². The number of carbonyl (C=O) groups excluding carboxylic acids is 1. The highest BCUT2D eigenvalue weighted by Crippen LogP contribution is 2.32. The van der Waals surface area contributed by atoms with E-state index in [1.165, 1.54) is 24.3 Å². The van der Waals surface area contributed by atoms with E-state index in [1.54, 1.807) is 0 Å². The van der Waals surface area contributed by atoms with Crippen LogP contribution in [-0.4, -0.2) is 19.2 Å². The van der Waals surface area contributed by atoms with Crippen LogP contribution in [0.3, 0.4) is 0 Å². The highest BCUT2D eigenvalue weighted by atomic mass is 19.3. The maximum absolute atomic E-state index is 13.2. The fourth-order valence-corrected chi connectivity index (χ4v) is 1.32. The van der Waals surface area contributed by atoms with Gasteiger partial charge in [0, 0.05) is 5.56 Å². The molecule has 0 spiro atoms. The van der Waals surface area contributed by atoms with Gasteiger partial charge in [-0.1, -0.05) is 12.1 Å². The van der Waals surface area contributed by atoms with E-state index in [4.69, 9.17) is 0 Å². The van der Waals surface area contributed by atoms with Crippen molar-refractivity contribution in [1.29, 1.82) is 0 Å². The van der Waals surface area contributed by atoms with Crippen LogP contribution >= 0.6 is 0 Å². The van der Waals surface area contributed by atoms with Gasteiger partial charge in [0.1, 0.15) is 12.0 Å². The van der Waals surface area contributed by atoms with Gasteiger partial charge >= 0.3 is 6.29 Å². The molecule has 17 heavy (non-hydrogen) atoms. The van der Waals surface area contributed by atoms with Crippen LogP contribution in [0.2, 0.25) is 0 Å². The summed E-state index contributed by atoms with van der Waals surface area (Å²) in [5.74, 6) is 0.140. The van der Waals surface area contributed by atoms with Crippen molar-refractivity contribution >= 4 is 6.29 Å². The van der Waals surface area contributed by atoms with Crippen molar-refractivity contribution in [3.05, 3.63) is 29.8 Å². The zero-order valence-corrected chi connectivity index (χ0v) is 9.07. The molecule has 0 bridgehead atoms. The van der Waals surface area contributed by atoms with Crippen LogP contribution < -0.4 is 4.74 Å². The molecule has 1 aliphatic carbocycles. The fraction of sp³-hybridized carbons (Fsp3) is 0.417. The number of benzene rings is 1. The Kier molecular flexibility index (Phi) is 3.38. The van der Waals surface area contributed by atoms with Gasteiger partial charge in [0.15, 0.2) is 0 Å². The Morgan fingerprint density at radius 2 is 2.18 bits per heavy atom. The quantitative estimate of drug-likeness (QED) is 0.568. The molecule has 0 saturated heterocycles. The second-order valence-electron chi connectivity index (χ2n) is 4.01. The first kappa shape index (κ1) is 12.0. The predicted octanol–water partition coefficient (Wildman–Crippen LogP) is 2.85. The van der Waals surface area contributed by atoms with Crippen LogP contribution in [0, 0.1) is 5.92 Å². The van der Waals surface area contributed by atoms with Crippen LogP contribution in [0.25, 0.3) is 0 Å². The van der Waals surface area contributed by atoms with Crippen LogP contribution in [-0.2, 0) is 4.74 Å². The lowest BCUT2D eigenvalue weighted by atomic mass is 10.2. The number of hydrogen-bond acceptors (Lipinski definition) is 3. The molecule has 1 fully saturated rings. The lowest BCUT2D eigenvalue weighted by Gasteiger charge is -2.17. The number of rotatable bonds is 6. The molecule has 0 aliphatic heterocycles. The molecule has 0 radical (unpaired) electrons. The van der Waals surface area contributed by atoms with Crippen molar-refractivity contribution in [3.63, 3.8) is 0 Å². The zero-order valence-electron chi connectivity index (χ0n) is 9.07. The molecule has 5 heteroatoms. The van der Waals surface area contributed by atoms with Gasteiger partial charge in [-0.15, -0.1) is 8.78 Å². The average Bonchev–Trinajstić information content (AvgIpc) is 3.10. The summed E-state index contributed by atoms with van der Waals surface area (Å²) in [4.78, 5) is 10.5. The SMILES string of the molecule is O=Cc1cccc(OC(F)(F)OCC2CC2)c1. The summed E-state index contributed by atoms with van der Waals surface area (Å²) >= 11 is 0. The Bertz CT molecular complexity index is 402. The van der Waals surface area contributed by atoms with Crippen molar-refractivity contribution in [1.82, 2.24) is 0 Å². The molecular weight excluding hydrogens is 230 g/mol. The van der Waals surface area contributed by atoms with Gasteiger partial charge in [-0.2, -0.15) is 0 Å². The molecule has 1 aromatic rings. The maximum Gasteiger partial charge on any atom is 0.535 e. The molecular formula is C12H12F2O3. The number of aldehydes is 1. The van der Waals surface area contributed by atoms with E-state index < -0.39 is 6.29 Å². The standard InChI is InChI=1S/C12H12F2O3/c13-12(14,16-8-9-4-5-9)17-11-3-1-2-10(6-11)7-15/h1-3,6-7,9H,4-5,8H2. The lowest BCUT2D eigenvalue weighted by molar-refractivity contribution is -0.354. The summed E-state index contributed by atoms with van der Waals surface area (Å²) in [6.45, 7) is 0.000368. The Morgan fingerprint density at radius 3 is 2.82 bits per heavy atom. The molecule has 0 atom stereocenters. The number of alkyl halides is 2. The molecule has 1 saturated carbocycles. The Labute approximate surface area is 97.3 Å². The van der Waals surface area contributed by atoms with E-state index in [0.29, 0.717) is 6.29 Å². The first-order valence-corrected chi connectivity index (χ1v) is 5.35. The number of carbonyl (C=O) groups is 1. The topological polar surface area (TPSA) is 35.5 Å². The molecule has 0 unspecified atom stereocenters. The smallest absolute Gasteiger partial charge is 0.409 e. The van der Waals surface area contributed by atoms with E-state index in [9.17, 15) is 13.6 Å². The molecule has 0 heterocycles. The third-order valence-electron chi connectivity index (χ3n) is 2.41. The monoisotopic (exact) mass is 242 g/mol. The Hall–Kier alpha value is -1.49. The molecule has 1 aliphatic rings. The maximum atomic E-state index is 13.2. The van der Waals surface area contributed by atoms with Crippen molar-refractivity contribution in [3.8, 4) is 5.75 Å². The normalized spacial score (nSPS) is 15.6. The second kappa shape index (κ2) is 4.79. The van der Waals surface area contributed by atoms with Crippen molar-refractivity contribution in [2.75, 3.05) is 6.61 Å².